The Labute approximate surface area is 111 Å². The zero-order valence-corrected chi connectivity index (χ0v) is 11.5. The maximum absolute atomic E-state index is 5.33. The average Bonchev–Trinajstić information content (AvgIpc) is 2.36. The minimum absolute atomic E-state index is 0.632. The van der Waals surface area contributed by atoms with Crippen molar-refractivity contribution in [2.45, 2.75) is 18.9 Å². The fourth-order valence-electron chi connectivity index (χ4n) is 1.98. The summed E-state index contributed by atoms with van der Waals surface area (Å²) in [6.45, 7) is 3.75. The first-order valence-electron chi connectivity index (χ1n) is 6.15. The second-order valence-corrected chi connectivity index (χ2v) is 5.19. The molecule has 0 aromatic heterocycles. The van der Waals surface area contributed by atoms with Crippen LogP contribution in [0.3, 0.4) is 0 Å². The predicted molar refractivity (Wildman–Crippen MR) is 74.5 cm³/mol. The van der Waals surface area contributed by atoms with Gasteiger partial charge < -0.3 is 15.4 Å². The van der Waals surface area contributed by atoms with Crippen LogP contribution in [0.4, 0.5) is 5.69 Å². The molecule has 1 heterocycles. The third kappa shape index (κ3) is 4.66. The van der Waals surface area contributed by atoms with E-state index < -0.39 is 0 Å². The van der Waals surface area contributed by atoms with E-state index in [1.165, 1.54) is 0 Å². The molecule has 1 saturated heterocycles. The minimum Gasteiger partial charge on any atom is -0.384 e. The first-order valence-corrected chi connectivity index (χ1v) is 6.94. The summed E-state index contributed by atoms with van der Waals surface area (Å²) in [7, 11) is 0. The Morgan fingerprint density at radius 1 is 1.24 bits per heavy atom. The molecule has 1 fully saturated rings. The molecule has 0 saturated carbocycles. The van der Waals surface area contributed by atoms with Crippen LogP contribution >= 0.6 is 15.9 Å². The highest BCUT2D eigenvalue weighted by molar-refractivity contribution is 9.10. The van der Waals surface area contributed by atoms with Gasteiger partial charge in [-0.15, -0.1) is 0 Å². The number of hydrogen-bond acceptors (Lipinski definition) is 3. The van der Waals surface area contributed by atoms with Crippen molar-refractivity contribution >= 4 is 21.6 Å². The zero-order chi connectivity index (χ0) is 11.9. The van der Waals surface area contributed by atoms with E-state index in [-0.39, 0.29) is 0 Å². The summed E-state index contributed by atoms with van der Waals surface area (Å²) in [6.07, 6.45) is 2.27. The average molecular weight is 299 g/mol. The standard InChI is InChI=1S/C13H19BrN2O/c14-11-2-1-3-13(10-11)16-7-6-15-12-4-8-17-9-5-12/h1-3,10,12,15-16H,4-9H2. The first kappa shape index (κ1) is 12.9. The van der Waals surface area contributed by atoms with Crippen LogP contribution in [0.5, 0.6) is 0 Å². The van der Waals surface area contributed by atoms with Crippen LogP contribution in [0.25, 0.3) is 0 Å². The van der Waals surface area contributed by atoms with E-state index in [0.29, 0.717) is 6.04 Å². The number of rotatable bonds is 5. The van der Waals surface area contributed by atoms with Crippen LogP contribution in [0.15, 0.2) is 28.7 Å². The maximum atomic E-state index is 5.33. The molecule has 0 aliphatic carbocycles. The van der Waals surface area contributed by atoms with Crippen molar-refractivity contribution in [1.29, 1.82) is 0 Å². The quantitative estimate of drug-likeness (QED) is 0.820. The second-order valence-electron chi connectivity index (χ2n) is 4.28. The van der Waals surface area contributed by atoms with Gasteiger partial charge >= 0.3 is 0 Å². The van der Waals surface area contributed by atoms with E-state index in [1.807, 2.05) is 12.1 Å². The Balaban J connectivity index is 1.62. The molecular weight excluding hydrogens is 280 g/mol. The Bertz CT molecular complexity index is 340. The summed E-state index contributed by atoms with van der Waals surface area (Å²) >= 11 is 3.46. The number of ether oxygens (including phenoxy) is 1. The molecule has 0 radical (unpaired) electrons. The monoisotopic (exact) mass is 298 g/mol. The number of benzene rings is 1. The van der Waals surface area contributed by atoms with Gasteiger partial charge in [-0.05, 0) is 31.0 Å². The molecule has 17 heavy (non-hydrogen) atoms. The van der Waals surface area contributed by atoms with E-state index in [1.54, 1.807) is 0 Å². The lowest BCUT2D eigenvalue weighted by Crippen LogP contribution is -2.37. The third-order valence-electron chi connectivity index (χ3n) is 2.93. The van der Waals surface area contributed by atoms with E-state index in [0.717, 1.165) is 49.3 Å². The summed E-state index contributed by atoms with van der Waals surface area (Å²) in [5, 5.41) is 6.95. The van der Waals surface area contributed by atoms with Gasteiger partial charge in [-0.25, -0.2) is 0 Å². The van der Waals surface area contributed by atoms with Crippen LogP contribution < -0.4 is 10.6 Å². The van der Waals surface area contributed by atoms with E-state index in [2.05, 4.69) is 38.7 Å². The van der Waals surface area contributed by atoms with Gasteiger partial charge in [-0.1, -0.05) is 22.0 Å². The van der Waals surface area contributed by atoms with Crippen molar-refractivity contribution in [2.75, 3.05) is 31.6 Å². The van der Waals surface area contributed by atoms with Gasteiger partial charge in [0.25, 0.3) is 0 Å². The summed E-state index contributed by atoms with van der Waals surface area (Å²) in [5.41, 5.74) is 1.16. The van der Waals surface area contributed by atoms with E-state index in [9.17, 15) is 0 Å². The third-order valence-corrected chi connectivity index (χ3v) is 3.43. The molecular formula is C13H19BrN2O. The van der Waals surface area contributed by atoms with Gasteiger partial charge in [0.1, 0.15) is 0 Å². The van der Waals surface area contributed by atoms with Gasteiger partial charge in [0.2, 0.25) is 0 Å². The molecule has 1 aliphatic rings. The zero-order valence-electron chi connectivity index (χ0n) is 9.92. The van der Waals surface area contributed by atoms with Gasteiger partial charge in [0.05, 0.1) is 0 Å². The molecule has 0 spiro atoms. The molecule has 4 heteroatoms. The van der Waals surface area contributed by atoms with Crippen LogP contribution in [-0.4, -0.2) is 32.3 Å². The van der Waals surface area contributed by atoms with Crippen LogP contribution in [0, 0.1) is 0 Å². The van der Waals surface area contributed by atoms with Gasteiger partial charge in [0.15, 0.2) is 0 Å². The molecule has 0 bridgehead atoms. The van der Waals surface area contributed by atoms with Crippen molar-refractivity contribution in [3.8, 4) is 0 Å². The highest BCUT2D eigenvalue weighted by atomic mass is 79.9. The normalized spacial score (nSPS) is 17.0. The largest absolute Gasteiger partial charge is 0.384 e. The van der Waals surface area contributed by atoms with Crippen LogP contribution in [-0.2, 0) is 4.74 Å². The van der Waals surface area contributed by atoms with Crippen molar-refractivity contribution < 1.29 is 4.74 Å². The van der Waals surface area contributed by atoms with Gasteiger partial charge in [-0.2, -0.15) is 0 Å². The SMILES string of the molecule is Brc1cccc(NCCNC2CCOCC2)c1. The molecule has 1 aromatic carbocycles. The topological polar surface area (TPSA) is 33.3 Å². The number of nitrogens with one attached hydrogen (secondary N) is 2. The fourth-order valence-corrected chi connectivity index (χ4v) is 2.38. The number of halogens is 1. The molecule has 2 N–H and O–H groups in total. The molecule has 0 atom stereocenters. The lowest BCUT2D eigenvalue weighted by Gasteiger charge is -2.23. The molecule has 0 amide bonds. The molecule has 3 nitrogen and oxygen atoms in total. The number of anilines is 1. The Morgan fingerprint density at radius 2 is 2.06 bits per heavy atom. The molecule has 2 rings (SSSR count). The molecule has 1 aliphatic heterocycles. The van der Waals surface area contributed by atoms with Gasteiger partial charge in [0, 0.05) is 42.5 Å². The Morgan fingerprint density at radius 3 is 2.82 bits per heavy atom. The fraction of sp³-hybridized carbons (Fsp3) is 0.538. The molecule has 0 unspecified atom stereocenters. The molecule has 94 valence electrons. The predicted octanol–water partition coefficient (Wildman–Crippen LogP) is 2.63. The van der Waals surface area contributed by atoms with Crippen molar-refractivity contribution in [3.63, 3.8) is 0 Å². The van der Waals surface area contributed by atoms with Crippen molar-refractivity contribution in [1.82, 2.24) is 5.32 Å². The van der Waals surface area contributed by atoms with Gasteiger partial charge in [-0.3, -0.25) is 0 Å². The highest BCUT2D eigenvalue weighted by Gasteiger charge is 2.11. The lowest BCUT2D eigenvalue weighted by molar-refractivity contribution is 0.0784. The summed E-state index contributed by atoms with van der Waals surface area (Å²) < 4.78 is 6.44. The Hall–Kier alpha value is -0.580. The van der Waals surface area contributed by atoms with Crippen LogP contribution in [0.2, 0.25) is 0 Å². The first-order chi connectivity index (χ1) is 8.34. The van der Waals surface area contributed by atoms with E-state index >= 15 is 0 Å². The van der Waals surface area contributed by atoms with E-state index in [4.69, 9.17) is 4.74 Å². The summed E-state index contributed by atoms with van der Waals surface area (Å²) in [5.74, 6) is 0. The maximum Gasteiger partial charge on any atom is 0.0480 e. The van der Waals surface area contributed by atoms with Crippen molar-refractivity contribution in [2.24, 2.45) is 0 Å². The summed E-state index contributed by atoms with van der Waals surface area (Å²) in [6, 6.07) is 8.88. The highest BCUT2D eigenvalue weighted by Crippen LogP contribution is 2.15. The lowest BCUT2D eigenvalue weighted by atomic mass is 10.1. The van der Waals surface area contributed by atoms with Crippen molar-refractivity contribution in [3.05, 3.63) is 28.7 Å². The molecule has 1 aromatic rings. The minimum atomic E-state index is 0.632. The number of hydrogen-bond donors (Lipinski definition) is 2. The van der Waals surface area contributed by atoms with Crippen LogP contribution in [0.1, 0.15) is 12.8 Å². The second kappa shape index (κ2) is 6.99. The Kier molecular flexibility index (Phi) is 5.29. The smallest absolute Gasteiger partial charge is 0.0480 e. The summed E-state index contributed by atoms with van der Waals surface area (Å²) in [4.78, 5) is 0.